The molecule has 1 aliphatic rings. The van der Waals surface area contributed by atoms with Crippen molar-refractivity contribution in [2.75, 3.05) is 33.8 Å². The first kappa shape index (κ1) is 30.9. The molecule has 1 radical (unpaired) electrons. The third-order valence-electron chi connectivity index (χ3n) is 6.88. The molecule has 1 saturated heterocycles. The van der Waals surface area contributed by atoms with Crippen LogP contribution in [0.2, 0.25) is 0 Å². The third-order valence-corrected chi connectivity index (χ3v) is 9.13. The van der Waals surface area contributed by atoms with E-state index in [4.69, 9.17) is 13.9 Å². The van der Waals surface area contributed by atoms with Gasteiger partial charge in [-0.15, -0.1) is 0 Å². The fourth-order valence-electron chi connectivity index (χ4n) is 4.79. The van der Waals surface area contributed by atoms with Crippen molar-refractivity contribution in [3.63, 3.8) is 0 Å². The fourth-order valence-corrected chi connectivity index (χ4v) is 6.89. The summed E-state index contributed by atoms with van der Waals surface area (Å²) in [6.45, 7) is 13.5. The first-order chi connectivity index (χ1) is 18.3. The van der Waals surface area contributed by atoms with Crippen molar-refractivity contribution in [2.45, 2.75) is 77.5 Å². The van der Waals surface area contributed by atoms with E-state index in [9.17, 15) is 9.59 Å². The van der Waals surface area contributed by atoms with Crippen molar-refractivity contribution in [2.24, 2.45) is 0 Å². The first-order valence-corrected chi connectivity index (χ1v) is 15.1. The number of methoxy groups -OCH3 is 1. The van der Waals surface area contributed by atoms with Crippen LogP contribution in [0.1, 0.15) is 59.9 Å². The molecule has 0 saturated carbocycles. The Morgan fingerprint density at radius 3 is 2.18 bits per heavy atom. The number of likely N-dealkylation sites (tertiary alicyclic amines) is 1. The number of likely N-dealkylation sites (N-methyl/N-ethyl adjacent to an activating group) is 1. The van der Waals surface area contributed by atoms with Crippen molar-refractivity contribution in [3.8, 4) is 0 Å². The van der Waals surface area contributed by atoms with Gasteiger partial charge in [-0.05, 0) is 61.5 Å². The molecule has 2 unspecified atom stereocenters. The number of benzene rings is 2. The SMILES string of the molecule is COC(=O)CN1CCCC1C(CN(C)C(=O)OC(C)(C)C)O[Si](c1ccccc1)c1ccc(C(C)(C)C)cc1. The van der Waals surface area contributed by atoms with Gasteiger partial charge >= 0.3 is 12.1 Å². The standard InChI is InChI=1S/C31H45N2O5Si/c1-30(2,3)23-16-18-25(19-17-23)39(24-13-10-9-11-14-24)38-27(21-32(7)29(35)37-31(4,5)6)26-15-12-20-33(26)22-28(34)36-8/h9-11,13-14,16-19,26-27H,12,15,20-22H2,1-8H3. The van der Waals surface area contributed by atoms with E-state index in [0.29, 0.717) is 6.54 Å². The number of carbonyl (C=O) groups excluding carboxylic acids is 2. The molecule has 1 aliphatic heterocycles. The van der Waals surface area contributed by atoms with Crippen LogP contribution >= 0.6 is 0 Å². The van der Waals surface area contributed by atoms with Crippen molar-refractivity contribution in [3.05, 3.63) is 60.2 Å². The highest BCUT2D eigenvalue weighted by molar-refractivity contribution is 6.80. The van der Waals surface area contributed by atoms with E-state index in [0.717, 1.165) is 29.8 Å². The molecule has 8 heteroatoms. The smallest absolute Gasteiger partial charge is 0.410 e. The summed E-state index contributed by atoms with van der Waals surface area (Å²) in [5, 5.41) is 2.27. The number of hydrogen-bond acceptors (Lipinski definition) is 6. The van der Waals surface area contributed by atoms with Gasteiger partial charge in [0.25, 0.3) is 9.04 Å². The Morgan fingerprint density at radius 1 is 1.00 bits per heavy atom. The van der Waals surface area contributed by atoms with Gasteiger partial charge in [0.15, 0.2) is 0 Å². The second kappa shape index (κ2) is 13.1. The van der Waals surface area contributed by atoms with E-state index in [1.54, 1.807) is 11.9 Å². The Balaban J connectivity index is 1.97. The van der Waals surface area contributed by atoms with Crippen molar-refractivity contribution >= 4 is 31.5 Å². The Labute approximate surface area is 236 Å². The second-order valence-electron chi connectivity index (χ2n) is 12.3. The monoisotopic (exact) mass is 553 g/mol. The van der Waals surface area contributed by atoms with Crippen LogP contribution in [-0.4, -0.2) is 82.4 Å². The Hall–Kier alpha value is -2.68. The molecule has 0 aliphatic carbocycles. The summed E-state index contributed by atoms with van der Waals surface area (Å²) >= 11 is 0. The maximum absolute atomic E-state index is 12.9. The van der Waals surface area contributed by atoms with Gasteiger partial charge in [0.1, 0.15) is 5.60 Å². The number of ether oxygens (including phenoxy) is 2. The van der Waals surface area contributed by atoms with Crippen molar-refractivity contribution < 1.29 is 23.5 Å². The molecule has 2 aromatic rings. The summed E-state index contributed by atoms with van der Waals surface area (Å²) in [5.74, 6) is -0.271. The second-order valence-corrected chi connectivity index (χ2v) is 14.3. The number of esters is 1. The summed E-state index contributed by atoms with van der Waals surface area (Å²) in [7, 11) is 1.48. The highest BCUT2D eigenvalue weighted by Crippen LogP contribution is 2.25. The van der Waals surface area contributed by atoms with Crippen LogP contribution in [0.3, 0.4) is 0 Å². The molecule has 1 heterocycles. The van der Waals surface area contributed by atoms with Gasteiger partial charge in [0, 0.05) is 13.1 Å². The number of amides is 1. The van der Waals surface area contributed by atoms with Gasteiger partial charge in [-0.1, -0.05) is 75.4 Å². The maximum atomic E-state index is 12.9. The van der Waals surface area contributed by atoms with Crippen LogP contribution in [-0.2, 0) is 24.1 Å². The van der Waals surface area contributed by atoms with E-state index in [1.807, 2.05) is 39.0 Å². The molecule has 39 heavy (non-hydrogen) atoms. The number of hydrogen-bond donors (Lipinski definition) is 0. The lowest BCUT2D eigenvalue weighted by molar-refractivity contribution is -0.142. The lowest BCUT2D eigenvalue weighted by Gasteiger charge is -2.36. The highest BCUT2D eigenvalue weighted by atomic mass is 28.3. The largest absolute Gasteiger partial charge is 0.468 e. The molecule has 213 valence electrons. The van der Waals surface area contributed by atoms with Gasteiger partial charge in [-0.3, -0.25) is 9.69 Å². The molecule has 1 amide bonds. The molecule has 7 nitrogen and oxygen atoms in total. The molecule has 0 bridgehead atoms. The molecule has 1 fully saturated rings. The highest BCUT2D eigenvalue weighted by Gasteiger charge is 2.38. The molecule has 2 aromatic carbocycles. The van der Waals surface area contributed by atoms with E-state index < -0.39 is 20.7 Å². The summed E-state index contributed by atoms with van der Waals surface area (Å²) in [4.78, 5) is 28.9. The summed E-state index contributed by atoms with van der Waals surface area (Å²) in [6, 6.07) is 19.0. The molecular formula is C31H45N2O5Si. The van der Waals surface area contributed by atoms with Crippen LogP contribution < -0.4 is 10.4 Å². The van der Waals surface area contributed by atoms with E-state index in [2.05, 4.69) is 62.1 Å². The minimum atomic E-state index is -1.68. The van der Waals surface area contributed by atoms with Gasteiger partial charge in [0.2, 0.25) is 0 Å². The lowest BCUT2D eigenvalue weighted by Crippen LogP contribution is -2.55. The van der Waals surface area contributed by atoms with Gasteiger partial charge in [-0.25, -0.2) is 4.79 Å². The average molecular weight is 554 g/mol. The van der Waals surface area contributed by atoms with Crippen molar-refractivity contribution in [1.29, 1.82) is 0 Å². The lowest BCUT2D eigenvalue weighted by atomic mass is 9.87. The molecule has 2 atom stereocenters. The zero-order valence-corrected chi connectivity index (χ0v) is 25.8. The van der Waals surface area contributed by atoms with Crippen LogP contribution in [0.5, 0.6) is 0 Å². The third kappa shape index (κ3) is 8.91. The quantitative estimate of drug-likeness (QED) is 0.346. The zero-order valence-electron chi connectivity index (χ0n) is 24.8. The number of carbonyl (C=O) groups is 2. The molecule has 0 spiro atoms. The zero-order chi connectivity index (χ0) is 28.8. The van der Waals surface area contributed by atoms with E-state index in [-0.39, 0.29) is 30.1 Å². The minimum absolute atomic E-state index is 0.0356. The van der Waals surface area contributed by atoms with Crippen molar-refractivity contribution in [1.82, 2.24) is 9.80 Å². The van der Waals surface area contributed by atoms with E-state index in [1.165, 1.54) is 12.7 Å². The maximum Gasteiger partial charge on any atom is 0.410 e. The summed E-state index contributed by atoms with van der Waals surface area (Å²) in [5.41, 5.74) is 0.720. The Morgan fingerprint density at radius 2 is 1.62 bits per heavy atom. The number of nitrogens with zero attached hydrogens (tertiary/aromatic N) is 2. The van der Waals surface area contributed by atoms with Gasteiger partial charge in [-0.2, -0.15) is 0 Å². The normalized spacial score (nSPS) is 17.2. The van der Waals surface area contributed by atoms with Crippen LogP contribution in [0.4, 0.5) is 4.79 Å². The van der Waals surface area contributed by atoms with E-state index >= 15 is 0 Å². The minimum Gasteiger partial charge on any atom is -0.468 e. The molecule has 3 rings (SSSR count). The number of rotatable bonds is 9. The fraction of sp³-hybridized carbons (Fsp3) is 0.548. The summed E-state index contributed by atoms with van der Waals surface area (Å²) < 4.78 is 17.7. The topological polar surface area (TPSA) is 68.3 Å². The van der Waals surface area contributed by atoms with Crippen LogP contribution in [0, 0.1) is 0 Å². The molecule has 0 aromatic heterocycles. The predicted octanol–water partition coefficient (Wildman–Crippen LogP) is 3.98. The average Bonchev–Trinajstić information content (AvgIpc) is 3.33. The molecular weight excluding hydrogens is 508 g/mol. The predicted molar refractivity (Wildman–Crippen MR) is 157 cm³/mol. The first-order valence-electron chi connectivity index (χ1n) is 13.7. The Kier molecular flexibility index (Phi) is 10.4. The van der Waals surface area contributed by atoms with Gasteiger partial charge < -0.3 is 18.8 Å². The summed E-state index contributed by atoms with van der Waals surface area (Å²) in [6.07, 6.45) is 1.10. The Bertz CT molecular complexity index is 1080. The molecule has 0 N–H and O–H groups in total. The van der Waals surface area contributed by atoms with Crippen LogP contribution in [0.25, 0.3) is 0 Å². The van der Waals surface area contributed by atoms with Gasteiger partial charge in [0.05, 0.1) is 26.3 Å². The van der Waals surface area contributed by atoms with Crippen LogP contribution in [0.15, 0.2) is 54.6 Å².